The van der Waals surface area contributed by atoms with Gasteiger partial charge in [-0.25, -0.2) is 36.4 Å². The molecular formula is C95H90Br4F5N5O8. The largest absolute Gasteiger partial charge is 0.457 e. The number of aliphatic hydroxyl groups is 2. The zero-order chi connectivity index (χ0) is 83.6. The van der Waals surface area contributed by atoms with Crippen molar-refractivity contribution >= 4 is 81.1 Å². The first-order valence-corrected chi connectivity index (χ1v) is 41.3. The Bertz CT molecular complexity index is 5310. The van der Waals surface area contributed by atoms with Crippen molar-refractivity contribution in [3.8, 4) is 0 Å². The second-order valence-corrected chi connectivity index (χ2v) is 33.4. The minimum absolute atomic E-state index is 0.0706. The molecule has 22 heteroatoms. The third-order valence-corrected chi connectivity index (χ3v) is 22.8. The molecule has 0 bridgehead atoms. The van der Waals surface area contributed by atoms with Crippen LogP contribution in [0, 0.1) is 42.2 Å². The number of ether oxygens (including phenoxy) is 5. The molecule has 0 saturated carbocycles. The second kappa shape index (κ2) is 41.2. The van der Waals surface area contributed by atoms with Crippen LogP contribution in [-0.2, 0) is 80.1 Å². The van der Waals surface area contributed by atoms with E-state index in [1.165, 1.54) is 82.9 Å². The number of rotatable bonds is 19. The Hall–Kier alpha value is -8.92. The number of aliphatic hydroxyl groups excluding tert-OH is 1. The number of hydrogen-bond acceptors (Lipinski definition) is 11. The SMILES string of the molecule is CN(C)CCCC(O)(c1ccc(F)cc1)c1ccc(Br)cc1CO.CN(C)CCCC1(c2ccc(F)cc2)OCc2cc(Br)ccc21.Fc1ccc(C2OCc3cc(Br)ccc32)cc1.O=C1OCc2cc(Br)ccc21.[C-]#[N+]c1ccc2c(c1)COC2(CCCN(C)C)c1ccc(F)cc1.[C-]#[N+]c1ccc2c(c1)COC2c1ccc(F)cc1. The van der Waals surface area contributed by atoms with Crippen LogP contribution in [0.25, 0.3) is 9.69 Å². The molecule has 5 heterocycles. The Morgan fingerprint density at radius 2 is 0.829 bits per heavy atom. The van der Waals surface area contributed by atoms with Crippen LogP contribution in [0.15, 0.2) is 248 Å². The molecule has 11 aromatic rings. The number of esters is 1. The van der Waals surface area contributed by atoms with Crippen LogP contribution in [0.3, 0.4) is 0 Å². The van der Waals surface area contributed by atoms with Crippen molar-refractivity contribution < 1.29 is 60.6 Å². The normalized spacial score (nSPS) is 17.4. The van der Waals surface area contributed by atoms with Gasteiger partial charge in [-0.15, -0.1) is 0 Å². The smallest absolute Gasteiger partial charge is 0.338 e. The van der Waals surface area contributed by atoms with Gasteiger partial charge in [0, 0.05) is 23.5 Å². The molecule has 0 aliphatic carbocycles. The first-order valence-electron chi connectivity index (χ1n) is 38.1. The molecule has 2 N–H and O–H groups in total. The van der Waals surface area contributed by atoms with Crippen LogP contribution >= 0.6 is 63.7 Å². The average Bonchev–Trinajstić information content (AvgIpc) is 1.63. The summed E-state index contributed by atoms with van der Waals surface area (Å²) in [7, 11) is 12.2. The Morgan fingerprint density at radius 3 is 1.32 bits per heavy atom. The predicted molar refractivity (Wildman–Crippen MR) is 460 cm³/mol. The van der Waals surface area contributed by atoms with Crippen molar-refractivity contribution in [2.24, 2.45) is 0 Å². The minimum atomic E-state index is -1.28. The van der Waals surface area contributed by atoms with E-state index in [-0.39, 0.29) is 53.9 Å². The Balaban J connectivity index is 0.000000140. The van der Waals surface area contributed by atoms with Crippen molar-refractivity contribution in [2.45, 2.75) is 107 Å². The highest BCUT2D eigenvalue weighted by molar-refractivity contribution is 9.11. The number of halogens is 9. The molecule has 606 valence electrons. The molecule has 0 saturated heterocycles. The third kappa shape index (κ3) is 22.5. The van der Waals surface area contributed by atoms with Gasteiger partial charge in [-0.2, -0.15) is 0 Å². The number of nitrogens with zero attached hydrogens (tertiary/aromatic N) is 5. The predicted octanol–water partition coefficient (Wildman–Crippen LogP) is 23.2. The Morgan fingerprint density at radius 1 is 0.444 bits per heavy atom. The second-order valence-electron chi connectivity index (χ2n) is 29.7. The molecule has 0 radical (unpaired) electrons. The molecule has 13 nitrogen and oxygen atoms in total. The molecule has 5 atom stereocenters. The lowest BCUT2D eigenvalue weighted by molar-refractivity contribution is -0.0141. The summed E-state index contributed by atoms with van der Waals surface area (Å²) in [6.45, 7) is 19.4. The van der Waals surface area contributed by atoms with Gasteiger partial charge in [0.25, 0.3) is 0 Å². The first kappa shape index (κ1) is 88.9. The van der Waals surface area contributed by atoms with Crippen LogP contribution in [-0.4, -0.2) is 92.8 Å². The lowest BCUT2D eigenvalue weighted by atomic mass is 9.80. The van der Waals surface area contributed by atoms with E-state index in [9.17, 15) is 37.0 Å². The fourth-order valence-electron chi connectivity index (χ4n) is 15.1. The number of carbonyl (C=O) groups excluding carboxylic acids is 1. The van der Waals surface area contributed by atoms with Gasteiger partial charge in [0.15, 0.2) is 11.4 Å². The highest BCUT2D eigenvalue weighted by Gasteiger charge is 2.43. The van der Waals surface area contributed by atoms with Crippen LogP contribution in [0.2, 0.25) is 0 Å². The molecule has 5 aliphatic rings. The number of cyclic esters (lactones) is 1. The number of hydrogen-bond donors (Lipinski definition) is 2. The first-order chi connectivity index (χ1) is 56.2. The van der Waals surface area contributed by atoms with E-state index in [2.05, 4.69) is 147 Å². The number of fused-ring (bicyclic) bond motifs is 5. The summed E-state index contributed by atoms with van der Waals surface area (Å²) in [6, 6.07) is 66.8. The van der Waals surface area contributed by atoms with Gasteiger partial charge in [0.1, 0.15) is 64.7 Å². The monoisotopic (exact) mass is 1840 g/mol. The summed E-state index contributed by atoms with van der Waals surface area (Å²) >= 11 is 13.7. The number of carbonyl (C=O) groups is 1. The van der Waals surface area contributed by atoms with Crippen LogP contribution in [0.1, 0.15) is 150 Å². The van der Waals surface area contributed by atoms with E-state index in [1.54, 1.807) is 54.6 Å². The van der Waals surface area contributed by atoms with Gasteiger partial charge in [-0.3, -0.25) is 0 Å². The molecule has 0 fully saturated rings. The van der Waals surface area contributed by atoms with E-state index in [4.69, 9.17) is 36.8 Å². The fraction of sp³-hybridized carbons (Fsp3) is 0.274. The van der Waals surface area contributed by atoms with Crippen molar-refractivity contribution in [1.29, 1.82) is 0 Å². The van der Waals surface area contributed by atoms with Crippen molar-refractivity contribution in [1.82, 2.24) is 14.7 Å². The van der Waals surface area contributed by atoms with Crippen LogP contribution in [0.5, 0.6) is 0 Å². The summed E-state index contributed by atoms with van der Waals surface area (Å²) < 4.78 is 98.6. The van der Waals surface area contributed by atoms with Gasteiger partial charge in [0.2, 0.25) is 0 Å². The quantitative estimate of drug-likeness (QED) is 0.0457. The minimum Gasteiger partial charge on any atom is -0.457 e. The van der Waals surface area contributed by atoms with E-state index in [1.807, 2.05) is 99.0 Å². The van der Waals surface area contributed by atoms with Gasteiger partial charge in [-0.05, 0) is 299 Å². The summed E-state index contributed by atoms with van der Waals surface area (Å²) in [6.07, 6.45) is 4.70. The molecule has 5 unspecified atom stereocenters. The molecule has 0 aromatic heterocycles. The maximum absolute atomic E-state index is 13.4. The van der Waals surface area contributed by atoms with E-state index in [0.717, 1.165) is 120 Å². The fourth-order valence-corrected chi connectivity index (χ4v) is 16.7. The Labute approximate surface area is 715 Å². The standard InChI is InChI=1S/C20H21FN2O.C19H23BrFNO2.C19H21BrFNO.C15H10FNO.C14H10BrFO.C8H5BrO2/c1-22-18-9-10-19-15(13-18)14-24-20(19,11-4-12-23(2)3)16-5-7-17(21)8-6-16;1-22(2)11-3-10-19(24,15-4-7-17(21)8-5-15)18-9-6-16(20)12-14(18)13-23;1-22(2)11-3-10-19(15-4-7-17(21)8-5-15)18-9-6-16(20)12-14(18)13-23-19;1-17-13-6-7-14-11(8-13)9-18-15(14)10-2-4-12(16)5-3-10;15-11-3-6-13-10(7-11)8-17-14(13)9-1-4-12(16)5-2-9;9-6-1-2-7-5(3-6)4-11-8(7)10/h5-10,13H,4,11-12,14H2,2-3H3;4-9,12,23-24H,3,10-11,13H2,1-2H3;4-9,12H,3,10-11,13H2,1-2H3;2-8,15H,9H2;1-7,14H,8H2;1-3H,4H2. The maximum Gasteiger partial charge on any atom is 0.338 e. The zero-order valence-corrected chi connectivity index (χ0v) is 72.0. The lowest BCUT2D eigenvalue weighted by Crippen LogP contribution is -2.30. The lowest BCUT2D eigenvalue weighted by Gasteiger charge is -2.32. The van der Waals surface area contributed by atoms with Gasteiger partial charge in [0.05, 0.1) is 51.7 Å². The summed E-state index contributed by atoms with van der Waals surface area (Å²) in [4.78, 5) is 24.2. The maximum atomic E-state index is 13.4. The molecular weight excluding hydrogens is 1750 g/mol. The number of benzene rings is 11. The molecule has 0 spiro atoms. The zero-order valence-electron chi connectivity index (χ0n) is 65.7. The van der Waals surface area contributed by atoms with E-state index < -0.39 is 16.8 Å². The summed E-state index contributed by atoms with van der Waals surface area (Å²) in [5.74, 6) is -1.49. The molecule has 0 amide bonds. The van der Waals surface area contributed by atoms with Crippen LogP contribution in [0.4, 0.5) is 33.3 Å². The van der Waals surface area contributed by atoms with Crippen molar-refractivity contribution in [3.63, 3.8) is 0 Å². The highest BCUT2D eigenvalue weighted by atomic mass is 79.9. The van der Waals surface area contributed by atoms with Crippen molar-refractivity contribution in [3.05, 3.63) is 395 Å². The van der Waals surface area contributed by atoms with Crippen molar-refractivity contribution in [2.75, 3.05) is 61.9 Å². The van der Waals surface area contributed by atoms with E-state index >= 15 is 0 Å². The molecule has 5 aliphatic heterocycles. The molecule has 117 heavy (non-hydrogen) atoms. The van der Waals surface area contributed by atoms with Gasteiger partial charge in [-0.1, -0.05) is 179 Å². The third-order valence-electron chi connectivity index (χ3n) is 20.9. The average molecular weight is 1840 g/mol. The van der Waals surface area contributed by atoms with Gasteiger partial charge >= 0.3 is 5.97 Å². The van der Waals surface area contributed by atoms with E-state index in [0.29, 0.717) is 73.1 Å². The Kier molecular flexibility index (Phi) is 31.3. The summed E-state index contributed by atoms with van der Waals surface area (Å²) in [5.41, 5.74) is 15.5. The summed E-state index contributed by atoms with van der Waals surface area (Å²) in [5, 5.41) is 21.2. The molecule has 16 rings (SSSR count). The molecule has 11 aromatic carbocycles. The topological polar surface area (TPSA) is 122 Å². The highest BCUT2D eigenvalue weighted by Crippen LogP contribution is 2.49. The van der Waals surface area contributed by atoms with Gasteiger partial charge < -0.3 is 48.6 Å². The van der Waals surface area contributed by atoms with Crippen LogP contribution < -0.4 is 0 Å².